The van der Waals surface area contributed by atoms with Gasteiger partial charge in [-0.15, -0.1) is 16.4 Å². The summed E-state index contributed by atoms with van der Waals surface area (Å²) < 4.78 is 1.75. The Hall–Kier alpha value is -2.58. The molecule has 1 aliphatic rings. The van der Waals surface area contributed by atoms with Crippen LogP contribution < -0.4 is 5.32 Å². The lowest BCUT2D eigenvalue weighted by atomic mass is 9.94. The van der Waals surface area contributed by atoms with Gasteiger partial charge in [0.1, 0.15) is 0 Å². The molecule has 0 saturated heterocycles. The van der Waals surface area contributed by atoms with Crippen LogP contribution in [0.25, 0.3) is 5.69 Å². The Bertz CT molecular complexity index is 916. The van der Waals surface area contributed by atoms with E-state index < -0.39 is 0 Å². The molecule has 8 heteroatoms. The van der Waals surface area contributed by atoms with Crippen molar-refractivity contribution < 1.29 is 4.79 Å². The summed E-state index contributed by atoms with van der Waals surface area (Å²) in [6.07, 6.45) is 6.41. The van der Waals surface area contributed by atoms with E-state index in [4.69, 9.17) is 0 Å². The van der Waals surface area contributed by atoms with Crippen molar-refractivity contribution in [1.29, 1.82) is 0 Å². The SMILES string of the molecule is CN(Cc1nnnn1-c1cccc(NC(=O)c2cccs2)c1)C1CCCCC1. The van der Waals surface area contributed by atoms with E-state index in [2.05, 4.69) is 32.8 Å². The molecule has 0 bridgehead atoms. The molecule has 3 aromatic rings. The van der Waals surface area contributed by atoms with Crippen molar-refractivity contribution in [2.24, 2.45) is 0 Å². The zero-order valence-corrected chi connectivity index (χ0v) is 16.7. The number of tetrazole rings is 1. The number of aromatic nitrogens is 4. The van der Waals surface area contributed by atoms with Crippen LogP contribution in [0.4, 0.5) is 5.69 Å². The fourth-order valence-electron chi connectivity index (χ4n) is 3.69. The number of anilines is 1. The first-order valence-electron chi connectivity index (χ1n) is 9.63. The molecule has 0 aliphatic heterocycles. The predicted molar refractivity (Wildman–Crippen MR) is 110 cm³/mol. The molecular formula is C20H24N6OS. The molecule has 7 nitrogen and oxygen atoms in total. The minimum absolute atomic E-state index is 0.110. The number of hydrogen-bond acceptors (Lipinski definition) is 6. The number of carbonyl (C=O) groups is 1. The first-order valence-corrected chi connectivity index (χ1v) is 10.5. The zero-order valence-electron chi connectivity index (χ0n) is 15.9. The quantitative estimate of drug-likeness (QED) is 0.687. The number of carbonyl (C=O) groups excluding carboxylic acids is 1. The molecule has 2 heterocycles. The van der Waals surface area contributed by atoms with Gasteiger partial charge in [-0.25, -0.2) is 0 Å². The second-order valence-electron chi connectivity index (χ2n) is 7.20. The van der Waals surface area contributed by atoms with Gasteiger partial charge in [0.2, 0.25) is 0 Å². The molecule has 1 aliphatic carbocycles. The molecule has 1 aromatic carbocycles. The summed E-state index contributed by atoms with van der Waals surface area (Å²) in [5.74, 6) is 0.691. The van der Waals surface area contributed by atoms with Crippen molar-refractivity contribution in [3.63, 3.8) is 0 Å². The second kappa shape index (κ2) is 8.62. The fraction of sp³-hybridized carbons (Fsp3) is 0.400. The van der Waals surface area contributed by atoms with Crippen LogP contribution >= 0.6 is 11.3 Å². The van der Waals surface area contributed by atoms with Gasteiger partial charge in [0, 0.05) is 11.7 Å². The topological polar surface area (TPSA) is 75.9 Å². The van der Waals surface area contributed by atoms with Crippen LogP contribution in [-0.4, -0.2) is 44.1 Å². The highest BCUT2D eigenvalue weighted by Crippen LogP contribution is 2.23. The summed E-state index contributed by atoms with van der Waals surface area (Å²) in [5.41, 5.74) is 1.55. The van der Waals surface area contributed by atoms with Crippen molar-refractivity contribution in [3.8, 4) is 5.69 Å². The van der Waals surface area contributed by atoms with Crippen LogP contribution in [-0.2, 0) is 6.54 Å². The standard InChI is InChI=1S/C20H24N6OS/c1-25(16-8-3-2-4-9-16)14-19-22-23-24-26(19)17-10-5-7-15(13-17)21-20(27)18-11-6-12-28-18/h5-7,10-13,16H,2-4,8-9,14H2,1H3,(H,21,27). The lowest BCUT2D eigenvalue weighted by Gasteiger charge is -2.30. The first-order chi connectivity index (χ1) is 13.7. The van der Waals surface area contributed by atoms with E-state index in [1.165, 1.54) is 43.4 Å². The Morgan fingerprint density at radius 3 is 2.89 bits per heavy atom. The van der Waals surface area contributed by atoms with E-state index in [0.717, 1.165) is 17.2 Å². The molecule has 1 amide bonds. The summed E-state index contributed by atoms with van der Waals surface area (Å²) in [4.78, 5) is 15.3. The maximum Gasteiger partial charge on any atom is 0.265 e. The largest absolute Gasteiger partial charge is 0.321 e. The van der Waals surface area contributed by atoms with Gasteiger partial charge in [0.05, 0.1) is 17.1 Å². The molecule has 0 atom stereocenters. The highest BCUT2D eigenvalue weighted by Gasteiger charge is 2.20. The number of rotatable bonds is 6. The van der Waals surface area contributed by atoms with Gasteiger partial charge >= 0.3 is 0 Å². The number of benzene rings is 1. The van der Waals surface area contributed by atoms with E-state index in [-0.39, 0.29) is 5.91 Å². The molecule has 2 aromatic heterocycles. The Morgan fingerprint density at radius 2 is 2.11 bits per heavy atom. The summed E-state index contributed by atoms with van der Waals surface area (Å²) in [7, 11) is 2.15. The second-order valence-corrected chi connectivity index (χ2v) is 8.14. The van der Waals surface area contributed by atoms with E-state index >= 15 is 0 Å². The molecule has 1 N–H and O–H groups in total. The van der Waals surface area contributed by atoms with E-state index in [0.29, 0.717) is 17.5 Å². The number of thiophene rings is 1. The molecule has 0 spiro atoms. The summed E-state index contributed by atoms with van der Waals surface area (Å²) in [5, 5.41) is 17.1. The normalized spacial score (nSPS) is 15.1. The number of nitrogens with one attached hydrogen (secondary N) is 1. The van der Waals surface area contributed by atoms with Crippen LogP contribution in [0, 0.1) is 0 Å². The third kappa shape index (κ3) is 4.28. The van der Waals surface area contributed by atoms with Crippen LogP contribution in [0.3, 0.4) is 0 Å². The highest BCUT2D eigenvalue weighted by atomic mass is 32.1. The molecule has 146 valence electrons. The maximum atomic E-state index is 12.3. The number of hydrogen-bond donors (Lipinski definition) is 1. The van der Waals surface area contributed by atoms with Gasteiger partial charge in [0.15, 0.2) is 5.82 Å². The minimum Gasteiger partial charge on any atom is -0.321 e. The lowest BCUT2D eigenvalue weighted by Crippen LogP contribution is -2.33. The zero-order chi connectivity index (χ0) is 19.3. The monoisotopic (exact) mass is 396 g/mol. The Kier molecular flexibility index (Phi) is 5.78. The smallest absolute Gasteiger partial charge is 0.265 e. The lowest BCUT2D eigenvalue weighted by molar-refractivity contribution is 0.103. The van der Waals surface area contributed by atoms with Gasteiger partial charge in [-0.05, 0) is 60.0 Å². The van der Waals surface area contributed by atoms with Crippen molar-refractivity contribution in [1.82, 2.24) is 25.1 Å². The van der Waals surface area contributed by atoms with Crippen molar-refractivity contribution in [3.05, 3.63) is 52.5 Å². The molecule has 4 rings (SSSR count). The van der Waals surface area contributed by atoms with E-state index in [9.17, 15) is 4.79 Å². The van der Waals surface area contributed by atoms with Crippen molar-refractivity contribution >= 4 is 22.9 Å². The Morgan fingerprint density at radius 1 is 1.25 bits per heavy atom. The van der Waals surface area contributed by atoms with Crippen LogP contribution in [0.2, 0.25) is 0 Å². The Labute approximate surface area is 168 Å². The third-order valence-electron chi connectivity index (χ3n) is 5.22. The van der Waals surface area contributed by atoms with Crippen molar-refractivity contribution in [2.45, 2.75) is 44.7 Å². The van der Waals surface area contributed by atoms with Gasteiger partial charge in [0.25, 0.3) is 5.91 Å². The van der Waals surface area contributed by atoms with E-state index in [1.807, 2.05) is 41.8 Å². The maximum absolute atomic E-state index is 12.3. The number of amides is 1. The fourth-order valence-corrected chi connectivity index (χ4v) is 4.31. The summed E-state index contributed by atoms with van der Waals surface area (Å²) in [6.45, 7) is 0.698. The predicted octanol–water partition coefficient (Wildman–Crippen LogP) is 3.74. The van der Waals surface area contributed by atoms with Crippen LogP contribution in [0.1, 0.15) is 47.6 Å². The van der Waals surface area contributed by atoms with Crippen molar-refractivity contribution in [2.75, 3.05) is 12.4 Å². The minimum atomic E-state index is -0.110. The van der Waals surface area contributed by atoms with E-state index in [1.54, 1.807) is 4.68 Å². The summed E-state index contributed by atoms with van der Waals surface area (Å²) in [6, 6.07) is 11.9. The summed E-state index contributed by atoms with van der Waals surface area (Å²) >= 11 is 1.42. The first kappa shape index (κ1) is 18.8. The highest BCUT2D eigenvalue weighted by molar-refractivity contribution is 7.12. The van der Waals surface area contributed by atoms with Crippen LogP contribution in [0.15, 0.2) is 41.8 Å². The Balaban J connectivity index is 1.49. The average molecular weight is 397 g/mol. The molecule has 1 saturated carbocycles. The molecule has 0 radical (unpaired) electrons. The van der Waals surface area contributed by atoms with Gasteiger partial charge in [-0.2, -0.15) is 4.68 Å². The molecule has 0 unspecified atom stereocenters. The van der Waals surface area contributed by atoms with Gasteiger partial charge < -0.3 is 5.32 Å². The molecular weight excluding hydrogens is 372 g/mol. The molecule has 28 heavy (non-hydrogen) atoms. The van der Waals surface area contributed by atoms with Gasteiger partial charge in [-0.1, -0.05) is 31.4 Å². The third-order valence-corrected chi connectivity index (χ3v) is 6.09. The molecule has 1 fully saturated rings. The van der Waals surface area contributed by atoms with Gasteiger partial charge in [-0.3, -0.25) is 9.69 Å². The van der Waals surface area contributed by atoms with Crippen LogP contribution in [0.5, 0.6) is 0 Å². The average Bonchev–Trinajstić information content (AvgIpc) is 3.41. The number of nitrogens with zero attached hydrogens (tertiary/aromatic N) is 5.